The third kappa shape index (κ3) is 2.16. The lowest BCUT2D eigenvalue weighted by atomic mass is 10.1. The van der Waals surface area contributed by atoms with Crippen molar-refractivity contribution in [3.05, 3.63) is 47.0 Å². The van der Waals surface area contributed by atoms with Crippen LogP contribution < -0.4 is 5.73 Å². The number of carbonyl (C=O) groups excluding carboxylic acids is 1. The Labute approximate surface area is 122 Å². The van der Waals surface area contributed by atoms with Crippen molar-refractivity contribution in [2.75, 3.05) is 5.73 Å². The second-order valence-corrected chi connectivity index (χ2v) is 5.06. The lowest BCUT2D eigenvalue weighted by Gasteiger charge is -2.05. The number of rotatable bonds is 3. The standard InChI is InChI=1S/C13H10BrN5O/c14-9-4-2-1-3-8(9)10(20)5-19-7-18-11-12(15)16-6-17-13(11)19/h1-4,6-7H,5H2,(H2,15,16,17). The van der Waals surface area contributed by atoms with Crippen LogP contribution in [0, 0.1) is 0 Å². The van der Waals surface area contributed by atoms with Crippen molar-refractivity contribution >= 4 is 38.7 Å². The Balaban J connectivity index is 1.96. The third-order valence-corrected chi connectivity index (χ3v) is 3.61. The molecule has 6 nitrogen and oxygen atoms in total. The average molecular weight is 332 g/mol. The molecule has 0 unspecified atom stereocenters. The molecule has 0 amide bonds. The lowest BCUT2D eigenvalue weighted by Crippen LogP contribution is -2.10. The van der Waals surface area contributed by atoms with Gasteiger partial charge in [-0.05, 0) is 6.07 Å². The topological polar surface area (TPSA) is 86.7 Å². The first-order valence-electron chi connectivity index (χ1n) is 5.86. The molecular weight excluding hydrogens is 322 g/mol. The maximum Gasteiger partial charge on any atom is 0.183 e. The number of imidazole rings is 1. The molecule has 0 spiro atoms. The number of anilines is 1. The SMILES string of the molecule is Nc1ncnc2c1ncn2CC(=O)c1ccccc1Br. The van der Waals surface area contributed by atoms with Gasteiger partial charge in [-0.1, -0.05) is 34.1 Å². The first-order chi connectivity index (χ1) is 9.66. The summed E-state index contributed by atoms with van der Waals surface area (Å²) in [6.45, 7) is 0.148. The van der Waals surface area contributed by atoms with Gasteiger partial charge in [0.2, 0.25) is 0 Å². The number of benzene rings is 1. The normalized spacial score (nSPS) is 10.8. The number of carbonyl (C=O) groups is 1. The molecule has 0 atom stereocenters. The number of hydrogen-bond donors (Lipinski definition) is 1. The molecule has 0 radical (unpaired) electrons. The van der Waals surface area contributed by atoms with E-state index in [9.17, 15) is 4.79 Å². The van der Waals surface area contributed by atoms with Gasteiger partial charge in [0.05, 0.1) is 12.9 Å². The number of nitrogens with two attached hydrogens (primary N) is 1. The second kappa shape index (κ2) is 5.01. The zero-order valence-corrected chi connectivity index (χ0v) is 11.9. The largest absolute Gasteiger partial charge is 0.382 e. The molecule has 20 heavy (non-hydrogen) atoms. The maximum absolute atomic E-state index is 12.3. The van der Waals surface area contributed by atoms with Crippen LogP contribution in [0.15, 0.2) is 41.4 Å². The highest BCUT2D eigenvalue weighted by atomic mass is 79.9. The van der Waals surface area contributed by atoms with Gasteiger partial charge in [0.1, 0.15) is 11.8 Å². The molecule has 7 heteroatoms. The summed E-state index contributed by atoms with van der Waals surface area (Å²) >= 11 is 3.37. The van der Waals surface area contributed by atoms with E-state index in [1.807, 2.05) is 18.2 Å². The van der Waals surface area contributed by atoms with E-state index in [1.165, 1.54) is 6.33 Å². The van der Waals surface area contributed by atoms with E-state index in [-0.39, 0.29) is 12.3 Å². The zero-order chi connectivity index (χ0) is 14.1. The number of fused-ring (bicyclic) bond motifs is 1. The van der Waals surface area contributed by atoms with Crippen molar-refractivity contribution in [1.29, 1.82) is 0 Å². The van der Waals surface area contributed by atoms with Crippen LogP contribution in [0.1, 0.15) is 10.4 Å². The molecule has 0 aliphatic rings. The van der Waals surface area contributed by atoms with Gasteiger partial charge in [-0.25, -0.2) is 15.0 Å². The molecule has 100 valence electrons. The van der Waals surface area contributed by atoms with Crippen LogP contribution in [0.4, 0.5) is 5.82 Å². The summed E-state index contributed by atoms with van der Waals surface area (Å²) in [6.07, 6.45) is 2.91. The highest BCUT2D eigenvalue weighted by Crippen LogP contribution is 2.19. The monoisotopic (exact) mass is 331 g/mol. The van der Waals surface area contributed by atoms with Crippen LogP contribution in [0.2, 0.25) is 0 Å². The Kier molecular flexibility index (Phi) is 3.19. The molecule has 0 aliphatic heterocycles. The van der Waals surface area contributed by atoms with Gasteiger partial charge in [-0.3, -0.25) is 4.79 Å². The van der Waals surface area contributed by atoms with E-state index in [0.717, 1.165) is 4.47 Å². The summed E-state index contributed by atoms with van der Waals surface area (Å²) in [7, 11) is 0. The fraction of sp³-hybridized carbons (Fsp3) is 0.0769. The van der Waals surface area contributed by atoms with Crippen molar-refractivity contribution < 1.29 is 4.79 Å². The van der Waals surface area contributed by atoms with Crippen LogP contribution in [0.3, 0.4) is 0 Å². The predicted molar refractivity (Wildman–Crippen MR) is 78.2 cm³/mol. The van der Waals surface area contributed by atoms with E-state index in [4.69, 9.17) is 5.73 Å². The van der Waals surface area contributed by atoms with Crippen molar-refractivity contribution in [2.45, 2.75) is 6.54 Å². The van der Waals surface area contributed by atoms with E-state index in [0.29, 0.717) is 22.5 Å². The van der Waals surface area contributed by atoms with Gasteiger partial charge in [-0.2, -0.15) is 0 Å². The summed E-state index contributed by atoms with van der Waals surface area (Å²) in [6, 6.07) is 7.29. The van der Waals surface area contributed by atoms with E-state index in [2.05, 4.69) is 30.9 Å². The second-order valence-electron chi connectivity index (χ2n) is 4.21. The van der Waals surface area contributed by atoms with Gasteiger partial charge in [0.15, 0.2) is 17.2 Å². The van der Waals surface area contributed by atoms with Gasteiger partial charge in [0.25, 0.3) is 0 Å². The molecule has 3 aromatic rings. The summed E-state index contributed by atoms with van der Waals surface area (Å²) in [5, 5.41) is 0. The predicted octanol–water partition coefficient (Wildman–Crippen LogP) is 2.05. The van der Waals surface area contributed by atoms with E-state index in [1.54, 1.807) is 17.0 Å². The Morgan fingerprint density at radius 3 is 2.85 bits per heavy atom. The molecule has 0 saturated heterocycles. The summed E-state index contributed by atoms with van der Waals surface area (Å²) in [5.74, 6) is 0.274. The molecule has 0 fully saturated rings. The number of hydrogen-bond acceptors (Lipinski definition) is 5. The number of nitrogen functional groups attached to an aromatic ring is 1. The number of halogens is 1. The minimum absolute atomic E-state index is 0.0334. The lowest BCUT2D eigenvalue weighted by molar-refractivity contribution is 0.0972. The van der Waals surface area contributed by atoms with E-state index >= 15 is 0 Å². The van der Waals surface area contributed by atoms with Crippen LogP contribution in [0.25, 0.3) is 11.2 Å². The smallest absolute Gasteiger partial charge is 0.183 e. The minimum Gasteiger partial charge on any atom is -0.382 e. The molecule has 2 heterocycles. The fourth-order valence-electron chi connectivity index (χ4n) is 1.94. The maximum atomic E-state index is 12.3. The highest BCUT2D eigenvalue weighted by Gasteiger charge is 2.13. The van der Waals surface area contributed by atoms with Crippen LogP contribution in [0.5, 0.6) is 0 Å². The molecule has 0 aliphatic carbocycles. The summed E-state index contributed by atoms with van der Waals surface area (Å²) in [4.78, 5) is 24.4. The highest BCUT2D eigenvalue weighted by molar-refractivity contribution is 9.10. The Morgan fingerprint density at radius 1 is 1.25 bits per heavy atom. The molecule has 3 rings (SSSR count). The van der Waals surface area contributed by atoms with Crippen LogP contribution >= 0.6 is 15.9 Å². The van der Waals surface area contributed by atoms with Crippen molar-refractivity contribution in [2.24, 2.45) is 0 Å². The van der Waals surface area contributed by atoms with Crippen LogP contribution in [-0.4, -0.2) is 25.3 Å². The summed E-state index contributed by atoms with van der Waals surface area (Å²) < 4.78 is 2.43. The van der Waals surface area contributed by atoms with Crippen molar-refractivity contribution in [3.63, 3.8) is 0 Å². The first kappa shape index (κ1) is 12.7. The van der Waals surface area contributed by atoms with Gasteiger partial charge in [-0.15, -0.1) is 0 Å². The molecule has 0 saturated carbocycles. The van der Waals surface area contributed by atoms with E-state index < -0.39 is 0 Å². The molecule has 2 aromatic heterocycles. The number of nitrogens with zero attached hydrogens (tertiary/aromatic N) is 4. The number of ketones is 1. The Bertz CT molecular complexity index is 798. The van der Waals surface area contributed by atoms with Crippen LogP contribution in [-0.2, 0) is 6.54 Å². The fourth-order valence-corrected chi connectivity index (χ4v) is 2.45. The van der Waals surface area contributed by atoms with Crippen molar-refractivity contribution in [3.8, 4) is 0 Å². The first-order valence-corrected chi connectivity index (χ1v) is 6.65. The number of aromatic nitrogens is 4. The molecular formula is C13H10BrN5O. The molecule has 2 N–H and O–H groups in total. The van der Waals surface area contributed by atoms with Gasteiger partial charge >= 0.3 is 0 Å². The Morgan fingerprint density at radius 2 is 2.05 bits per heavy atom. The van der Waals surface area contributed by atoms with Gasteiger partial charge in [0, 0.05) is 10.0 Å². The Hall–Kier alpha value is -2.28. The quantitative estimate of drug-likeness (QED) is 0.742. The minimum atomic E-state index is -0.0334. The summed E-state index contributed by atoms with van der Waals surface area (Å²) in [5.41, 5.74) is 7.40. The number of Topliss-reactive ketones (excluding diaryl/α,β-unsaturated/α-hetero) is 1. The average Bonchev–Trinajstić information content (AvgIpc) is 2.84. The molecule has 0 bridgehead atoms. The third-order valence-electron chi connectivity index (χ3n) is 2.92. The van der Waals surface area contributed by atoms with Gasteiger partial charge < -0.3 is 10.3 Å². The zero-order valence-electron chi connectivity index (χ0n) is 10.3. The molecule has 1 aromatic carbocycles. The van der Waals surface area contributed by atoms with Crippen molar-refractivity contribution in [1.82, 2.24) is 19.5 Å².